The van der Waals surface area contributed by atoms with Gasteiger partial charge in [-0.25, -0.2) is 9.78 Å². The summed E-state index contributed by atoms with van der Waals surface area (Å²) in [6, 6.07) is 22.6. The van der Waals surface area contributed by atoms with Crippen LogP contribution in [0.4, 0.5) is 0 Å². The van der Waals surface area contributed by atoms with E-state index in [4.69, 9.17) is 37.4 Å². The van der Waals surface area contributed by atoms with Crippen LogP contribution in [0, 0.1) is 0 Å². The molecule has 8 heteroatoms. The smallest absolute Gasteiger partial charge is 0.343 e. The molecule has 1 aliphatic heterocycles. The van der Waals surface area contributed by atoms with Gasteiger partial charge < -0.3 is 18.8 Å². The summed E-state index contributed by atoms with van der Waals surface area (Å²) in [6.45, 7) is 0.340. The average Bonchev–Trinajstić information content (AvgIpc) is 3.50. The number of hydrogen-bond donors (Lipinski definition) is 0. The standard InChI is InChI=1S/C26H20Cl2N2O4/c27-21-12-22(28)14-23(13-21)33-25(31)24-15-32-26(34-24,16-30-11-10-29-17-30)20-8-6-19(7-9-20)18-4-2-1-3-5-18/h1-14,17,24H,15-16H2/t24-,26-/m0/s1. The Kier molecular flexibility index (Phi) is 6.39. The van der Waals surface area contributed by atoms with E-state index in [9.17, 15) is 4.79 Å². The number of halogens is 2. The van der Waals surface area contributed by atoms with Crippen molar-refractivity contribution in [3.05, 3.63) is 107 Å². The van der Waals surface area contributed by atoms with Crippen molar-refractivity contribution in [1.82, 2.24) is 9.55 Å². The van der Waals surface area contributed by atoms with Crippen LogP contribution in [0.15, 0.2) is 91.5 Å². The summed E-state index contributed by atoms with van der Waals surface area (Å²) in [5.41, 5.74) is 2.95. The first-order valence-electron chi connectivity index (χ1n) is 10.6. The predicted molar refractivity (Wildman–Crippen MR) is 129 cm³/mol. The summed E-state index contributed by atoms with van der Waals surface area (Å²) in [5.74, 6) is -1.54. The van der Waals surface area contributed by atoms with E-state index < -0.39 is 17.9 Å². The molecule has 2 atom stereocenters. The minimum Gasteiger partial charge on any atom is -0.424 e. The summed E-state index contributed by atoms with van der Waals surface area (Å²) < 4.78 is 19.7. The molecule has 5 rings (SSSR count). The number of ether oxygens (including phenoxy) is 3. The molecule has 172 valence electrons. The summed E-state index contributed by atoms with van der Waals surface area (Å²) in [7, 11) is 0. The van der Waals surface area contributed by atoms with Crippen molar-refractivity contribution in [3.63, 3.8) is 0 Å². The minimum absolute atomic E-state index is 0.0300. The molecule has 2 heterocycles. The Labute approximate surface area is 206 Å². The van der Waals surface area contributed by atoms with Crippen LogP contribution < -0.4 is 4.74 Å². The number of carbonyl (C=O) groups excluding carboxylic acids is 1. The topological polar surface area (TPSA) is 62.6 Å². The molecule has 0 amide bonds. The van der Waals surface area contributed by atoms with Gasteiger partial charge in [0.05, 0.1) is 19.5 Å². The fraction of sp³-hybridized carbons (Fsp3) is 0.154. The highest BCUT2D eigenvalue weighted by Crippen LogP contribution is 2.38. The molecule has 1 saturated heterocycles. The third-order valence-corrected chi connectivity index (χ3v) is 5.94. The van der Waals surface area contributed by atoms with Gasteiger partial charge in [-0.1, -0.05) is 77.8 Å². The molecule has 1 aliphatic rings. The Morgan fingerprint density at radius 3 is 2.41 bits per heavy atom. The molecule has 0 N–H and O–H groups in total. The van der Waals surface area contributed by atoms with Gasteiger partial charge in [0, 0.05) is 28.0 Å². The zero-order chi connectivity index (χ0) is 23.5. The van der Waals surface area contributed by atoms with E-state index in [1.807, 2.05) is 65.4 Å². The average molecular weight is 495 g/mol. The third-order valence-electron chi connectivity index (χ3n) is 5.50. The molecule has 0 saturated carbocycles. The molecule has 6 nitrogen and oxygen atoms in total. The molecule has 0 unspecified atom stereocenters. The monoisotopic (exact) mass is 494 g/mol. The number of rotatable bonds is 6. The molecule has 1 fully saturated rings. The zero-order valence-electron chi connectivity index (χ0n) is 17.9. The lowest BCUT2D eigenvalue weighted by Crippen LogP contribution is -2.35. The Bertz CT molecular complexity index is 1260. The van der Waals surface area contributed by atoms with Gasteiger partial charge in [-0.3, -0.25) is 0 Å². The highest BCUT2D eigenvalue weighted by molar-refractivity contribution is 6.34. The maximum Gasteiger partial charge on any atom is 0.343 e. The second-order valence-corrected chi connectivity index (χ2v) is 8.75. The fourth-order valence-corrected chi connectivity index (χ4v) is 4.39. The largest absolute Gasteiger partial charge is 0.424 e. The van der Waals surface area contributed by atoms with Crippen molar-refractivity contribution in [2.75, 3.05) is 6.61 Å². The van der Waals surface area contributed by atoms with Crippen LogP contribution in [0.1, 0.15) is 5.56 Å². The van der Waals surface area contributed by atoms with Crippen LogP contribution in [0.3, 0.4) is 0 Å². The Morgan fingerprint density at radius 2 is 1.74 bits per heavy atom. The van der Waals surface area contributed by atoms with E-state index in [0.29, 0.717) is 16.6 Å². The molecular weight excluding hydrogens is 475 g/mol. The summed E-state index contributed by atoms with van der Waals surface area (Å²) in [6.07, 6.45) is 4.23. The van der Waals surface area contributed by atoms with Crippen LogP contribution >= 0.6 is 23.2 Å². The van der Waals surface area contributed by atoms with Crippen LogP contribution in [0.2, 0.25) is 10.0 Å². The molecule has 0 aliphatic carbocycles. The number of esters is 1. The van der Waals surface area contributed by atoms with Crippen molar-refractivity contribution in [2.45, 2.75) is 18.4 Å². The number of imidazole rings is 1. The van der Waals surface area contributed by atoms with Gasteiger partial charge >= 0.3 is 5.97 Å². The normalized spacial score (nSPS) is 19.8. The number of hydrogen-bond acceptors (Lipinski definition) is 5. The number of benzene rings is 3. The van der Waals surface area contributed by atoms with Crippen molar-refractivity contribution in [3.8, 4) is 16.9 Å². The molecule has 1 aromatic heterocycles. The highest BCUT2D eigenvalue weighted by atomic mass is 35.5. The first-order chi connectivity index (χ1) is 16.5. The van der Waals surface area contributed by atoms with E-state index >= 15 is 0 Å². The first kappa shape index (κ1) is 22.6. The third kappa shape index (κ3) is 4.86. The van der Waals surface area contributed by atoms with Gasteiger partial charge in [-0.2, -0.15) is 0 Å². The van der Waals surface area contributed by atoms with Gasteiger partial charge in [0.25, 0.3) is 0 Å². The molecule has 3 aromatic carbocycles. The van der Waals surface area contributed by atoms with E-state index in [0.717, 1.165) is 16.7 Å². The maximum absolute atomic E-state index is 12.9. The van der Waals surface area contributed by atoms with E-state index in [1.54, 1.807) is 18.6 Å². The van der Waals surface area contributed by atoms with Crippen molar-refractivity contribution in [1.29, 1.82) is 0 Å². The van der Waals surface area contributed by atoms with Crippen LogP contribution in [-0.4, -0.2) is 28.2 Å². The highest BCUT2D eigenvalue weighted by Gasteiger charge is 2.47. The van der Waals surface area contributed by atoms with Gasteiger partial charge in [-0.15, -0.1) is 0 Å². The zero-order valence-corrected chi connectivity index (χ0v) is 19.4. The maximum atomic E-state index is 12.9. The molecule has 0 radical (unpaired) electrons. The second-order valence-electron chi connectivity index (χ2n) is 7.88. The lowest BCUT2D eigenvalue weighted by molar-refractivity contribution is -0.193. The predicted octanol–water partition coefficient (Wildman–Crippen LogP) is 5.73. The lowest BCUT2D eigenvalue weighted by atomic mass is 10.00. The van der Waals surface area contributed by atoms with Crippen LogP contribution in [-0.2, 0) is 26.6 Å². The number of aromatic nitrogens is 2. The molecule has 0 spiro atoms. The number of nitrogens with zero attached hydrogens (tertiary/aromatic N) is 2. The minimum atomic E-state index is -1.19. The summed E-state index contributed by atoms with van der Waals surface area (Å²) in [5, 5.41) is 0.735. The molecule has 34 heavy (non-hydrogen) atoms. The van der Waals surface area contributed by atoms with E-state index in [2.05, 4.69) is 4.98 Å². The van der Waals surface area contributed by atoms with Gasteiger partial charge in [-0.05, 0) is 29.3 Å². The van der Waals surface area contributed by atoms with Crippen molar-refractivity contribution in [2.24, 2.45) is 0 Å². The summed E-state index contributed by atoms with van der Waals surface area (Å²) >= 11 is 12.0. The Hall–Kier alpha value is -3.16. The van der Waals surface area contributed by atoms with Crippen LogP contribution in [0.5, 0.6) is 5.75 Å². The van der Waals surface area contributed by atoms with Crippen molar-refractivity contribution < 1.29 is 19.0 Å². The Morgan fingerprint density at radius 1 is 1.03 bits per heavy atom. The Balaban J connectivity index is 1.40. The van der Waals surface area contributed by atoms with Gasteiger partial charge in [0.1, 0.15) is 5.75 Å². The van der Waals surface area contributed by atoms with Gasteiger partial charge in [0.15, 0.2) is 6.10 Å². The first-order valence-corrected chi connectivity index (χ1v) is 11.4. The second kappa shape index (κ2) is 9.60. The fourth-order valence-electron chi connectivity index (χ4n) is 3.89. The quantitative estimate of drug-likeness (QED) is 0.253. The van der Waals surface area contributed by atoms with E-state index in [1.165, 1.54) is 12.1 Å². The molecule has 0 bridgehead atoms. The van der Waals surface area contributed by atoms with Crippen LogP contribution in [0.25, 0.3) is 11.1 Å². The van der Waals surface area contributed by atoms with E-state index in [-0.39, 0.29) is 12.4 Å². The number of carbonyl (C=O) groups is 1. The lowest BCUT2D eigenvalue weighted by Gasteiger charge is -2.29. The van der Waals surface area contributed by atoms with Crippen molar-refractivity contribution >= 4 is 29.2 Å². The molecule has 4 aromatic rings. The molecular formula is C26H20Cl2N2O4. The summed E-state index contributed by atoms with van der Waals surface area (Å²) in [4.78, 5) is 17.0. The SMILES string of the molecule is O=C(Oc1cc(Cl)cc(Cl)c1)[C@@H]1CO[C@](Cn2ccnc2)(c2ccc(-c3ccccc3)cc2)O1. The van der Waals surface area contributed by atoms with Gasteiger partial charge in [0.2, 0.25) is 5.79 Å².